The van der Waals surface area contributed by atoms with Crippen molar-refractivity contribution < 1.29 is 5.11 Å². The highest BCUT2D eigenvalue weighted by Gasteiger charge is 1.98. The summed E-state index contributed by atoms with van der Waals surface area (Å²) in [7, 11) is 1.94. The van der Waals surface area contributed by atoms with E-state index in [1.54, 1.807) is 6.33 Å². The molecule has 0 spiro atoms. The van der Waals surface area contributed by atoms with E-state index in [1.807, 2.05) is 11.6 Å². The van der Waals surface area contributed by atoms with Gasteiger partial charge in [0.2, 0.25) is 0 Å². The maximum atomic E-state index is 8.59. The van der Waals surface area contributed by atoms with E-state index in [0.29, 0.717) is 6.61 Å². The molecule has 0 bridgehead atoms. The molecular formula is C10H20N4O. The van der Waals surface area contributed by atoms with Crippen LogP contribution in [0.15, 0.2) is 6.33 Å². The Hall–Kier alpha value is -0.940. The standard InChI is InChI=1S/C10H20N4O/c1-14-9-12-13-10(14)8-11-6-4-2-3-5-7-15/h9,11,15H,2-8H2,1H3. The molecule has 0 aliphatic carbocycles. The number of unbranched alkanes of at least 4 members (excludes halogenated alkanes) is 3. The van der Waals surface area contributed by atoms with Gasteiger partial charge in [-0.3, -0.25) is 0 Å². The largest absolute Gasteiger partial charge is 0.396 e. The SMILES string of the molecule is Cn1cnnc1CNCCCCCCO. The highest BCUT2D eigenvalue weighted by atomic mass is 16.2. The molecule has 5 heteroatoms. The van der Waals surface area contributed by atoms with Gasteiger partial charge in [-0.1, -0.05) is 12.8 Å². The molecule has 0 saturated carbocycles. The first kappa shape index (κ1) is 12.1. The Morgan fingerprint density at radius 1 is 1.33 bits per heavy atom. The molecule has 0 unspecified atom stereocenters. The molecule has 5 nitrogen and oxygen atoms in total. The Morgan fingerprint density at radius 3 is 2.80 bits per heavy atom. The zero-order chi connectivity index (χ0) is 10.9. The van der Waals surface area contributed by atoms with Gasteiger partial charge in [0.25, 0.3) is 0 Å². The molecule has 0 saturated heterocycles. The highest BCUT2D eigenvalue weighted by Crippen LogP contribution is 1.98. The second-order valence-corrected chi connectivity index (χ2v) is 3.67. The first-order chi connectivity index (χ1) is 7.34. The third-order valence-corrected chi connectivity index (χ3v) is 2.35. The van der Waals surface area contributed by atoms with Gasteiger partial charge in [0.05, 0.1) is 6.54 Å². The predicted octanol–water partition coefficient (Wildman–Crippen LogP) is 0.457. The number of nitrogens with one attached hydrogen (secondary N) is 1. The molecule has 86 valence electrons. The van der Waals surface area contributed by atoms with Crippen LogP contribution in [0.1, 0.15) is 31.5 Å². The van der Waals surface area contributed by atoms with Gasteiger partial charge < -0.3 is 15.0 Å². The smallest absolute Gasteiger partial charge is 0.146 e. The molecule has 1 heterocycles. The van der Waals surface area contributed by atoms with E-state index < -0.39 is 0 Å². The van der Waals surface area contributed by atoms with Gasteiger partial charge in [0.1, 0.15) is 12.2 Å². The Balaban J connectivity index is 1.96. The fourth-order valence-electron chi connectivity index (χ4n) is 1.38. The quantitative estimate of drug-likeness (QED) is 0.614. The first-order valence-electron chi connectivity index (χ1n) is 5.49. The molecule has 0 atom stereocenters. The summed E-state index contributed by atoms with van der Waals surface area (Å²) in [6.07, 6.45) is 6.06. The van der Waals surface area contributed by atoms with Crippen LogP contribution in [0.5, 0.6) is 0 Å². The van der Waals surface area contributed by atoms with Crippen molar-refractivity contribution in [3.05, 3.63) is 12.2 Å². The van der Waals surface area contributed by atoms with Gasteiger partial charge in [-0.05, 0) is 19.4 Å². The summed E-state index contributed by atoms with van der Waals surface area (Å²) in [6, 6.07) is 0. The molecule has 1 rings (SSSR count). The van der Waals surface area contributed by atoms with Crippen molar-refractivity contribution in [3.63, 3.8) is 0 Å². The Bertz CT molecular complexity index is 262. The molecule has 0 radical (unpaired) electrons. The predicted molar refractivity (Wildman–Crippen MR) is 58.3 cm³/mol. The molecule has 0 fully saturated rings. The van der Waals surface area contributed by atoms with E-state index in [2.05, 4.69) is 15.5 Å². The van der Waals surface area contributed by atoms with Crippen LogP contribution in [-0.2, 0) is 13.6 Å². The van der Waals surface area contributed by atoms with Crippen molar-refractivity contribution in [2.24, 2.45) is 7.05 Å². The lowest BCUT2D eigenvalue weighted by molar-refractivity contribution is 0.282. The first-order valence-corrected chi connectivity index (χ1v) is 5.49. The number of aromatic nitrogens is 3. The molecule has 2 N–H and O–H groups in total. The van der Waals surface area contributed by atoms with Gasteiger partial charge in [-0.15, -0.1) is 10.2 Å². The summed E-state index contributed by atoms with van der Waals surface area (Å²) < 4.78 is 1.92. The Kier molecular flexibility index (Phi) is 5.96. The van der Waals surface area contributed by atoms with Gasteiger partial charge in [-0.2, -0.15) is 0 Å². The van der Waals surface area contributed by atoms with E-state index in [9.17, 15) is 0 Å². The minimum absolute atomic E-state index is 0.312. The van der Waals surface area contributed by atoms with E-state index in [0.717, 1.165) is 38.2 Å². The van der Waals surface area contributed by atoms with E-state index in [4.69, 9.17) is 5.11 Å². The van der Waals surface area contributed by atoms with Crippen LogP contribution in [-0.4, -0.2) is 33.0 Å². The van der Waals surface area contributed by atoms with E-state index >= 15 is 0 Å². The lowest BCUT2D eigenvalue weighted by Gasteiger charge is -2.03. The zero-order valence-electron chi connectivity index (χ0n) is 9.32. The van der Waals surface area contributed by atoms with Crippen molar-refractivity contribution in [1.82, 2.24) is 20.1 Å². The number of aliphatic hydroxyl groups excluding tert-OH is 1. The summed E-state index contributed by atoms with van der Waals surface area (Å²) in [5.74, 6) is 0.963. The van der Waals surface area contributed by atoms with Crippen LogP contribution in [0.4, 0.5) is 0 Å². The highest BCUT2D eigenvalue weighted by molar-refractivity contribution is 4.82. The zero-order valence-corrected chi connectivity index (χ0v) is 9.32. The van der Waals surface area contributed by atoms with Crippen LogP contribution < -0.4 is 5.32 Å². The minimum Gasteiger partial charge on any atom is -0.396 e. The van der Waals surface area contributed by atoms with E-state index in [-0.39, 0.29) is 0 Å². The molecular weight excluding hydrogens is 192 g/mol. The van der Waals surface area contributed by atoms with Crippen molar-refractivity contribution in [1.29, 1.82) is 0 Å². The molecule has 1 aromatic heterocycles. The summed E-state index contributed by atoms with van der Waals surface area (Å²) in [5, 5.41) is 19.7. The molecule has 0 aromatic carbocycles. The monoisotopic (exact) mass is 212 g/mol. The summed E-state index contributed by atoms with van der Waals surface area (Å²) in [5.41, 5.74) is 0. The molecule has 15 heavy (non-hydrogen) atoms. The lowest BCUT2D eigenvalue weighted by atomic mass is 10.2. The maximum Gasteiger partial charge on any atom is 0.146 e. The average Bonchev–Trinajstić information content (AvgIpc) is 2.63. The topological polar surface area (TPSA) is 63.0 Å². The number of hydrogen-bond donors (Lipinski definition) is 2. The van der Waals surface area contributed by atoms with Crippen LogP contribution in [0.25, 0.3) is 0 Å². The van der Waals surface area contributed by atoms with Crippen molar-refractivity contribution in [2.75, 3.05) is 13.2 Å². The Morgan fingerprint density at radius 2 is 2.13 bits per heavy atom. The maximum absolute atomic E-state index is 8.59. The number of aliphatic hydroxyl groups is 1. The van der Waals surface area contributed by atoms with Crippen LogP contribution >= 0.6 is 0 Å². The lowest BCUT2D eigenvalue weighted by Crippen LogP contribution is -2.17. The van der Waals surface area contributed by atoms with Crippen molar-refractivity contribution in [2.45, 2.75) is 32.2 Å². The fourth-order valence-corrected chi connectivity index (χ4v) is 1.38. The Labute approximate surface area is 90.5 Å². The normalized spacial score (nSPS) is 10.8. The summed E-state index contributed by atoms with van der Waals surface area (Å²) in [4.78, 5) is 0. The van der Waals surface area contributed by atoms with Gasteiger partial charge >= 0.3 is 0 Å². The third kappa shape index (κ3) is 4.90. The second-order valence-electron chi connectivity index (χ2n) is 3.67. The fraction of sp³-hybridized carbons (Fsp3) is 0.800. The van der Waals surface area contributed by atoms with Crippen LogP contribution in [0.3, 0.4) is 0 Å². The molecule has 0 aliphatic heterocycles. The van der Waals surface area contributed by atoms with Gasteiger partial charge in [0, 0.05) is 13.7 Å². The van der Waals surface area contributed by atoms with E-state index in [1.165, 1.54) is 6.42 Å². The number of aryl methyl sites for hydroxylation is 1. The second kappa shape index (κ2) is 7.36. The average molecular weight is 212 g/mol. The molecule has 0 amide bonds. The van der Waals surface area contributed by atoms with Crippen LogP contribution in [0, 0.1) is 0 Å². The summed E-state index contributed by atoms with van der Waals surface area (Å²) in [6.45, 7) is 2.08. The van der Waals surface area contributed by atoms with Gasteiger partial charge in [-0.25, -0.2) is 0 Å². The van der Waals surface area contributed by atoms with Crippen molar-refractivity contribution >= 4 is 0 Å². The van der Waals surface area contributed by atoms with Gasteiger partial charge in [0.15, 0.2) is 0 Å². The number of nitrogens with zero attached hydrogens (tertiary/aromatic N) is 3. The molecule has 0 aliphatic rings. The summed E-state index contributed by atoms with van der Waals surface area (Å²) >= 11 is 0. The van der Waals surface area contributed by atoms with Crippen molar-refractivity contribution in [3.8, 4) is 0 Å². The number of rotatable bonds is 8. The number of hydrogen-bond acceptors (Lipinski definition) is 4. The third-order valence-electron chi connectivity index (χ3n) is 2.35. The molecule has 1 aromatic rings. The van der Waals surface area contributed by atoms with Crippen LogP contribution in [0.2, 0.25) is 0 Å². The minimum atomic E-state index is 0.312.